The third kappa shape index (κ3) is 6.84. The predicted molar refractivity (Wildman–Crippen MR) is 261 cm³/mol. The van der Waals surface area contributed by atoms with Crippen LogP contribution in [0.3, 0.4) is 0 Å². The number of pyridine rings is 1. The molecule has 0 amide bonds. The monoisotopic (exact) mass is 1020 g/mol. The van der Waals surface area contributed by atoms with Crippen LogP contribution in [0.1, 0.15) is 26.3 Å². The Balaban J connectivity index is 0.00000469. The zero-order valence-electron chi connectivity index (χ0n) is 35.9. The minimum Gasteiger partial charge on any atom is -0.509 e. The molecule has 0 N–H and O–H groups in total. The van der Waals surface area contributed by atoms with Gasteiger partial charge in [0.05, 0.1) is 22.1 Å². The summed E-state index contributed by atoms with van der Waals surface area (Å²) in [5.74, 6) is 2.75. The standard InChI is InChI=1S/C58H41N5O.Pt/c1-58(2,3)41-31-32-59-55(35-41)62-50-25-12-10-21-47(50)48-30-29-43(37-54(48)62)64-44-34-40(56-45(38-17-6-4-7-18-38)22-16-23-46(56)39-19-8-5-9-20-39)33-42(36-44)61-52-27-14-15-28-53(52)63-51-26-13-11-24-49(51)60-57(61)63;/h4-35H,1-3H3;/q-2;+2. The largest absolute Gasteiger partial charge is 2.00 e. The van der Waals surface area contributed by atoms with E-state index >= 15 is 0 Å². The van der Waals surface area contributed by atoms with Gasteiger partial charge < -0.3 is 13.9 Å². The zero-order chi connectivity index (χ0) is 42.9. The molecule has 12 aromatic rings. The van der Waals surface area contributed by atoms with Crippen molar-refractivity contribution in [3.63, 3.8) is 0 Å². The van der Waals surface area contributed by atoms with Crippen molar-refractivity contribution in [3.8, 4) is 56.4 Å². The first-order valence-electron chi connectivity index (χ1n) is 21.7. The number of ether oxygens (including phenoxy) is 1. The van der Waals surface area contributed by atoms with Crippen LogP contribution in [0.25, 0.3) is 94.5 Å². The minimum atomic E-state index is -0.0494. The van der Waals surface area contributed by atoms with Gasteiger partial charge in [0, 0.05) is 23.2 Å². The Hall–Kier alpha value is -7.53. The van der Waals surface area contributed by atoms with E-state index in [1.807, 2.05) is 18.3 Å². The molecule has 8 aromatic carbocycles. The van der Waals surface area contributed by atoms with E-state index in [-0.39, 0.29) is 26.5 Å². The smallest absolute Gasteiger partial charge is 0.509 e. The van der Waals surface area contributed by atoms with Crippen LogP contribution in [-0.4, -0.2) is 23.5 Å². The fourth-order valence-electron chi connectivity index (χ4n) is 9.31. The van der Waals surface area contributed by atoms with Crippen LogP contribution in [0, 0.1) is 12.1 Å². The summed E-state index contributed by atoms with van der Waals surface area (Å²) in [4.78, 5) is 10.2. The van der Waals surface area contributed by atoms with Crippen molar-refractivity contribution in [2.24, 2.45) is 0 Å². The molecule has 314 valence electrons. The Bertz CT molecular complexity index is 3690. The summed E-state index contributed by atoms with van der Waals surface area (Å²) in [6.07, 6.45) is 1.90. The van der Waals surface area contributed by atoms with E-state index in [0.717, 1.165) is 94.5 Å². The number of para-hydroxylation sites is 5. The number of hydrogen-bond acceptors (Lipinski definition) is 3. The number of benzene rings is 8. The minimum absolute atomic E-state index is 0. The molecule has 0 spiro atoms. The van der Waals surface area contributed by atoms with Crippen molar-refractivity contribution in [3.05, 3.63) is 212 Å². The van der Waals surface area contributed by atoms with E-state index in [9.17, 15) is 0 Å². The van der Waals surface area contributed by atoms with Crippen LogP contribution in [0.4, 0.5) is 0 Å². The molecule has 6 nitrogen and oxygen atoms in total. The van der Waals surface area contributed by atoms with E-state index in [4.69, 9.17) is 14.7 Å². The van der Waals surface area contributed by atoms with E-state index in [1.165, 1.54) is 5.56 Å². The molecule has 0 unspecified atom stereocenters. The Morgan fingerprint density at radius 3 is 1.88 bits per heavy atom. The average Bonchev–Trinajstić information content (AvgIpc) is 3.98. The summed E-state index contributed by atoms with van der Waals surface area (Å²) in [5.41, 5.74) is 14.5. The first-order valence-corrected chi connectivity index (χ1v) is 21.7. The van der Waals surface area contributed by atoms with Crippen molar-refractivity contribution < 1.29 is 25.8 Å². The second-order valence-electron chi connectivity index (χ2n) is 17.3. The molecule has 0 atom stereocenters. The van der Waals surface area contributed by atoms with Crippen molar-refractivity contribution in [2.45, 2.75) is 26.2 Å². The molecule has 0 saturated heterocycles. The molecular formula is C58H41N5OPt. The maximum absolute atomic E-state index is 7.04. The number of nitrogens with zero attached hydrogens (tertiary/aromatic N) is 5. The van der Waals surface area contributed by atoms with Gasteiger partial charge in [0.2, 0.25) is 5.78 Å². The fourth-order valence-corrected chi connectivity index (χ4v) is 9.31. The van der Waals surface area contributed by atoms with Gasteiger partial charge in [-0.1, -0.05) is 153 Å². The number of rotatable bonds is 7. The molecule has 4 aromatic heterocycles. The van der Waals surface area contributed by atoms with E-state index in [2.05, 4.69) is 222 Å². The van der Waals surface area contributed by atoms with Gasteiger partial charge in [-0.15, -0.1) is 41.3 Å². The normalized spacial score (nSPS) is 11.8. The Morgan fingerprint density at radius 2 is 1.15 bits per heavy atom. The van der Waals surface area contributed by atoms with Gasteiger partial charge in [-0.2, -0.15) is 6.07 Å². The van der Waals surface area contributed by atoms with Crippen molar-refractivity contribution in [1.82, 2.24) is 23.5 Å². The molecule has 0 aliphatic rings. The number of fused-ring (bicyclic) bond motifs is 8. The molecule has 0 aliphatic heterocycles. The Labute approximate surface area is 391 Å². The first-order chi connectivity index (χ1) is 31.4. The van der Waals surface area contributed by atoms with Gasteiger partial charge >= 0.3 is 21.1 Å². The first kappa shape index (κ1) is 40.3. The zero-order valence-corrected chi connectivity index (χ0v) is 38.2. The molecule has 12 rings (SSSR count). The van der Waals surface area contributed by atoms with Crippen LogP contribution < -0.4 is 4.74 Å². The van der Waals surface area contributed by atoms with Gasteiger partial charge in [0.15, 0.2) is 0 Å². The van der Waals surface area contributed by atoms with E-state index in [0.29, 0.717) is 11.5 Å². The quantitative estimate of drug-likeness (QED) is 0.150. The van der Waals surface area contributed by atoms with E-state index < -0.39 is 0 Å². The molecule has 65 heavy (non-hydrogen) atoms. The summed E-state index contributed by atoms with van der Waals surface area (Å²) in [7, 11) is 0. The van der Waals surface area contributed by atoms with Crippen molar-refractivity contribution in [1.29, 1.82) is 0 Å². The van der Waals surface area contributed by atoms with Crippen LogP contribution in [0.5, 0.6) is 11.5 Å². The van der Waals surface area contributed by atoms with Crippen LogP contribution in [0.15, 0.2) is 194 Å². The summed E-state index contributed by atoms with van der Waals surface area (Å²) < 4.78 is 13.7. The SMILES string of the molecule is CC(C)(C)c1ccnc(-n2c3[c-]c(Oc4[c-]c(-n5c6ccccc6n6c7ccccc7nc56)cc(-c5c(-c6ccccc6)cccc5-c5ccccc5)c4)ccc3c3ccccc32)c1.[Pt+2]. The molecular weight excluding hydrogens is 978 g/mol. The number of hydrogen-bond donors (Lipinski definition) is 0. The van der Waals surface area contributed by atoms with Crippen molar-refractivity contribution in [2.75, 3.05) is 0 Å². The number of aromatic nitrogens is 5. The van der Waals surface area contributed by atoms with Crippen LogP contribution in [-0.2, 0) is 26.5 Å². The molecule has 0 bridgehead atoms. The average molecular weight is 1020 g/mol. The maximum atomic E-state index is 7.04. The third-order valence-electron chi connectivity index (χ3n) is 12.3. The predicted octanol–water partition coefficient (Wildman–Crippen LogP) is 14.6. The number of imidazole rings is 2. The summed E-state index contributed by atoms with van der Waals surface area (Å²) in [5, 5.41) is 2.20. The summed E-state index contributed by atoms with van der Waals surface area (Å²) in [6, 6.07) is 73.2. The molecule has 0 radical (unpaired) electrons. The fraction of sp³-hybridized carbons (Fsp3) is 0.0690. The molecule has 7 heteroatoms. The van der Waals surface area contributed by atoms with Crippen LogP contribution in [0.2, 0.25) is 0 Å². The van der Waals surface area contributed by atoms with Crippen LogP contribution >= 0.6 is 0 Å². The Kier molecular flexibility index (Phi) is 9.86. The van der Waals surface area contributed by atoms with Gasteiger partial charge in [-0.3, -0.25) is 4.40 Å². The van der Waals surface area contributed by atoms with Gasteiger partial charge in [0.1, 0.15) is 5.82 Å². The second-order valence-corrected chi connectivity index (χ2v) is 17.3. The molecule has 0 fully saturated rings. The summed E-state index contributed by atoms with van der Waals surface area (Å²) in [6.45, 7) is 6.69. The van der Waals surface area contributed by atoms with E-state index in [1.54, 1.807) is 0 Å². The molecule has 0 saturated carbocycles. The second kappa shape index (κ2) is 15.9. The molecule has 4 heterocycles. The Morgan fingerprint density at radius 1 is 0.508 bits per heavy atom. The van der Waals surface area contributed by atoms with Gasteiger partial charge in [-0.25, -0.2) is 9.97 Å². The van der Waals surface area contributed by atoms with Gasteiger partial charge in [0.25, 0.3) is 0 Å². The topological polar surface area (TPSA) is 49.3 Å². The maximum Gasteiger partial charge on any atom is 2.00 e. The summed E-state index contributed by atoms with van der Waals surface area (Å²) >= 11 is 0. The van der Waals surface area contributed by atoms with Gasteiger partial charge in [-0.05, 0) is 86.6 Å². The molecule has 0 aliphatic carbocycles. The third-order valence-corrected chi connectivity index (χ3v) is 12.3. The van der Waals surface area contributed by atoms with Crippen molar-refractivity contribution >= 4 is 49.7 Å².